The third-order valence-corrected chi connectivity index (χ3v) is 6.04. The smallest absolute Gasteiger partial charge is 0.219 e. The van der Waals surface area contributed by atoms with Gasteiger partial charge in [-0.1, -0.05) is 18.2 Å². The molecule has 27 heavy (non-hydrogen) atoms. The number of phenolic OH excluding ortho intramolecular Hbond substituents is 1. The first-order chi connectivity index (χ1) is 13.2. The van der Waals surface area contributed by atoms with Gasteiger partial charge in [0.05, 0.1) is 6.04 Å². The van der Waals surface area contributed by atoms with Crippen molar-refractivity contribution in [3.63, 3.8) is 0 Å². The standard InChI is InChI=1S/C19H16N4O3S/c24-12-5-3-10(4-6-12)17-16-13(20-18-19(21-17)23-26-22-18)8-11(9-14(16)25)15-2-1-7-27-15/h1-7,11,17,24H,8-9H2,(H,20,22)(H,21,23). The molecule has 2 aliphatic rings. The number of aromatic nitrogens is 2. The van der Waals surface area contributed by atoms with Crippen LogP contribution in [0.15, 0.2) is 57.7 Å². The van der Waals surface area contributed by atoms with Crippen molar-refractivity contribution in [2.24, 2.45) is 0 Å². The molecule has 0 bridgehead atoms. The Balaban J connectivity index is 1.61. The summed E-state index contributed by atoms with van der Waals surface area (Å²) in [5.41, 5.74) is 2.39. The van der Waals surface area contributed by atoms with Crippen molar-refractivity contribution in [3.8, 4) is 5.75 Å². The monoisotopic (exact) mass is 380 g/mol. The van der Waals surface area contributed by atoms with Gasteiger partial charge in [-0.15, -0.1) is 11.3 Å². The number of phenols is 1. The molecular formula is C19H16N4O3S. The highest BCUT2D eigenvalue weighted by Crippen LogP contribution is 2.44. The van der Waals surface area contributed by atoms with E-state index in [1.807, 2.05) is 11.4 Å². The lowest BCUT2D eigenvalue weighted by atomic mass is 9.81. The topological polar surface area (TPSA) is 100 Å². The van der Waals surface area contributed by atoms with Crippen LogP contribution in [-0.2, 0) is 4.79 Å². The molecule has 7 nitrogen and oxygen atoms in total. The van der Waals surface area contributed by atoms with E-state index in [9.17, 15) is 9.90 Å². The van der Waals surface area contributed by atoms with Crippen molar-refractivity contribution in [2.45, 2.75) is 24.8 Å². The molecule has 0 saturated carbocycles. The molecule has 0 amide bonds. The number of hydrogen-bond acceptors (Lipinski definition) is 8. The normalized spacial score (nSPS) is 21.7. The van der Waals surface area contributed by atoms with Crippen LogP contribution < -0.4 is 10.6 Å². The van der Waals surface area contributed by atoms with Crippen molar-refractivity contribution in [1.29, 1.82) is 0 Å². The average Bonchev–Trinajstić information content (AvgIpc) is 3.31. The number of rotatable bonds is 2. The first-order valence-electron chi connectivity index (χ1n) is 8.63. The van der Waals surface area contributed by atoms with Crippen molar-refractivity contribution in [2.75, 3.05) is 10.6 Å². The van der Waals surface area contributed by atoms with Crippen LogP contribution in [0.2, 0.25) is 0 Å². The number of benzene rings is 1. The van der Waals surface area contributed by atoms with Gasteiger partial charge >= 0.3 is 0 Å². The minimum atomic E-state index is -0.391. The highest BCUT2D eigenvalue weighted by molar-refractivity contribution is 7.10. The molecule has 2 atom stereocenters. The van der Waals surface area contributed by atoms with Gasteiger partial charge < -0.3 is 15.7 Å². The summed E-state index contributed by atoms with van der Waals surface area (Å²) in [4.78, 5) is 14.4. The lowest BCUT2D eigenvalue weighted by Crippen LogP contribution is -2.26. The molecule has 5 rings (SSSR count). The molecule has 1 aliphatic carbocycles. The second-order valence-electron chi connectivity index (χ2n) is 6.69. The highest BCUT2D eigenvalue weighted by Gasteiger charge is 2.37. The van der Waals surface area contributed by atoms with Crippen molar-refractivity contribution >= 4 is 28.8 Å². The Kier molecular flexibility index (Phi) is 3.71. The van der Waals surface area contributed by atoms with Crippen molar-refractivity contribution in [1.82, 2.24) is 10.3 Å². The number of Topliss-reactive ketones (excluding diaryl/α,β-unsaturated/α-hetero) is 1. The summed E-state index contributed by atoms with van der Waals surface area (Å²) < 4.78 is 4.86. The lowest BCUT2D eigenvalue weighted by Gasteiger charge is -2.29. The van der Waals surface area contributed by atoms with Gasteiger partial charge in [-0.25, -0.2) is 4.63 Å². The number of ketones is 1. The van der Waals surface area contributed by atoms with Crippen LogP contribution in [0.3, 0.4) is 0 Å². The fraction of sp³-hybridized carbons (Fsp3) is 0.211. The summed E-state index contributed by atoms with van der Waals surface area (Å²) in [6, 6.07) is 10.5. The zero-order valence-corrected chi connectivity index (χ0v) is 15.0. The largest absolute Gasteiger partial charge is 0.508 e. The maximum atomic E-state index is 13.2. The van der Waals surface area contributed by atoms with Crippen LogP contribution in [0.25, 0.3) is 0 Å². The average molecular weight is 380 g/mol. The number of allylic oxidation sites excluding steroid dienone is 1. The number of aromatic hydroxyl groups is 1. The van der Waals surface area contributed by atoms with E-state index in [0.717, 1.165) is 11.3 Å². The van der Waals surface area contributed by atoms with Crippen LogP contribution in [-0.4, -0.2) is 21.2 Å². The fourth-order valence-electron chi connectivity index (χ4n) is 3.74. The number of fused-ring (bicyclic) bond motifs is 1. The summed E-state index contributed by atoms with van der Waals surface area (Å²) in [7, 11) is 0. The number of thiophene rings is 1. The van der Waals surface area contributed by atoms with E-state index in [0.29, 0.717) is 30.1 Å². The summed E-state index contributed by atoms with van der Waals surface area (Å²) >= 11 is 1.67. The highest BCUT2D eigenvalue weighted by atomic mass is 32.1. The molecule has 3 N–H and O–H groups in total. The first-order valence-corrected chi connectivity index (χ1v) is 9.51. The van der Waals surface area contributed by atoms with Crippen LogP contribution in [0.1, 0.15) is 35.2 Å². The van der Waals surface area contributed by atoms with Gasteiger partial charge in [0.15, 0.2) is 5.78 Å². The number of carbonyl (C=O) groups is 1. The Morgan fingerprint density at radius 3 is 2.70 bits per heavy atom. The number of nitrogens with one attached hydrogen (secondary N) is 2. The number of carbonyl (C=O) groups excluding carboxylic acids is 1. The predicted octanol–water partition coefficient (Wildman–Crippen LogP) is 3.82. The van der Waals surface area contributed by atoms with E-state index in [1.54, 1.807) is 35.6 Å². The van der Waals surface area contributed by atoms with E-state index in [-0.39, 0.29) is 17.5 Å². The molecule has 1 aliphatic heterocycles. The molecule has 3 aromatic rings. The predicted molar refractivity (Wildman–Crippen MR) is 101 cm³/mol. The Bertz CT molecular complexity index is 1020. The molecule has 0 saturated heterocycles. The molecule has 2 unspecified atom stereocenters. The number of nitrogens with zero attached hydrogens (tertiary/aromatic N) is 2. The van der Waals surface area contributed by atoms with Crippen molar-refractivity contribution < 1.29 is 14.5 Å². The second-order valence-corrected chi connectivity index (χ2v) is 7.67. The fourth-order valence-corrected chi connectivity index (χ4v) is 4.57. The SMILES string of the molecule is O=C1CC(c2cccs2)CC2=C1C(c1ccc(O)cc1)Nc1nonc1N2. The zero-order chi connectivity index (χ0) is 18.4. The van der Waals surface area contributed by atoms with Gasteiger partial charge in [0.25, 0.3) is 0 Å². The molecule has 0 spiro atoms. The van der Waals surface area contributed by atoms with E-state index < -0.39 is 6.04 Å². The maximum Gasteiger partial charge on any atom is 0.219 e. The van der Waals surface area contributed by atoms with Gasteiger partial charge in [-0.05, 0) is 45.9 Å². The molecule has 8 heteroatoms. The van der Waals surface area contributed by atoms with Crippen LogP contribution in [0.4, 0.5) is 11.6 Å². The van der Waals surface area contributed by atoms with Gasteiger partial charge in [0, 0.05) is 28.5 Å². The number of hydrogen-bond donors (Lipinski definition) is 3. The first kappa shape index (κ1) is 16.1. The van der Waals surface area contributed by atoms with E-state index in [4.69, 9.17) is 4.63 Å². The van der Waals surface area contributed by atoms with Crippen LogP contribution >= 0.6 is 11.3 Å². The maximum absolute atomic E-state index is 13.2. The van der Waals surface area contributed by atoms with Crippen LogP contribution in [0.5, 0.6) is 5.75 Å². The molecule has 0 radical (unpaired) electrons. The zero-order valence-electron chi connectivity index (χ0n) is 14.2. The molecule has 2 aromatic heterocycles. The summed E-state index contributed by atoms with van der Waals surface area (Å²) in [5, 5.41) is 26.0. The minimum absolute atomic E-state index is 0.0924. The molecule has 0 fully saturated rings. The Hall–Kier alpha value is -3.13. The van der Waals surface area contributed by atoms with Gasteiger partial charge in [0.1, 0.15) is 5.75 Å². The molecule has 1 aromatic carbocycles. The quantitative estimate of drug-likeness (QED) is 0.621. The van der Waals surface area contributed by atoms with E-state index in [2.05, 4.69) is 27.0 Å². The molecule has 136 valence electrons. The van der Waals surface area contributed by atoms with Crippen molar-refractivity contribution in [3.05, 3.63) is 63.5 Å². The van der Waals surface area contributed by atoms with Gasteiger partial charge in [-0.3, -0.25) is 4.79 Å². The summed E-state index contributed by atoms with van der Waals surface area (Å²) in [5.74, 6) is 1.35. The third-order valence-electron chi connectivity index (χ3n) is 5.01. The molecular weight excluding hydrogens is 364 g/mol. The van der Waals surface area contributed by atoms with E-state index in [1.165, 1.54) is 4.88 Å². The van der Waals surface area contributed by atoms with Crippen LogP contribution in [0, 0.1) is 0 Å². The Labute approximate surface area is 158 Å². The third kappa shape index (κ3) is 2.78. The lowest BCUT2D eigenvalue weighted by molar-refractivity contribution is -0.116. The molecule has 3 heterocycles. The second kappa shape index (κ2) is 6.24. The minimum Gasteiger partial charge on any atom is -0.508 e. The Morgan fingerprint density at radius 2 is 1.93 bits per heavy atom. The van der Waals surface area contributed by atoms with Gasteiger partial charge in [-0.2, -0.15) is 0 Å². The van der Waals surface area contributed by atoms with Gasteiger partial charge in [0.2, 0.25) is 11.6 Å². The Morgan fingerprint density at radius 1 is 1.11 bits per heavy atom. The summed E-state index contributed by atoms with van der Waals surface area (Å²) in [6.07, 6.45) is 1.18. The number of anilines is 2. The summed E-state index contributed by atoms with van der Waals surface area (Å²) in [6.45, 7) is 0. The van der Waals surface area contributed by atoms with E-state index >= 15 is 0 Å².